The predicted octanol–water partition coefficient (Wildman–Crippen LogP) is 3.11. The summed E-state index contributed by atoms with van der Waals surface area (Å²) in [6, 6.07) is 12.9. The number of aliphatic hydroxyl groups is 1. The summed E-state index contributed by atoms with van der Waals surface area (Å²) in [4.78, 5) is 18.7. The third kappa shape index (κ3) is 4.20. The summed E-state index contributed by atoms with van der Waals surface area (Å²) in [6.45, 7) is 2.05. The highest BCUT2D eigenvalue weighted by molar-refractivity contribution is 5.94. The molecule has 1 amide bonds. The molecule has 28 heavy (non-hydrogen) atoms. The fraction of sp³-hybridized carbons (Fsp3) is 0.286. The molecule has 1 unspecified atom stereocenters. The van der Waals surface area contributed by atoms with Crippen molar-refractivity contribution in [3.05, 3.63) is 65.7 Å². The molecule has 0 spiro atoms. The quantitative estimate of drug-likeness (QED) is 0.676. The number of carbonyl (C=O) groups is 1. The molecule has 1 N–H and O–H groups in total. The monoisotopic (exact) mass is 381 g/mol. The number of likely N-dealkylation sites (N-methyl/N-ethyl adjacent to an activating group) is 1. The van der Waals surface area contributed by atoms with Crippen LogP contribution >= 0.6 is 0 Å². The lowest BCUT2D eigenvalue weighted by Crippen LogP contribution is -2.29. The zero-order valence-electron chi connectivity index (χ0n) is 16.1. The normalized spacial score (nSPS) is 11.9. The molecule has 0 radical (unpaired) electrons. The number of pyridine rings is 1. The topological polar surface area (TPSA) is 88.7 Å². The molecule has 1 atom stereocenters. The summed E-state index contributed by atoms with van der Waals surface area (Å²) in [5, 5.41) is 14.3. The highest BCUT2D eigenvalue weighted by Crippen LogP contribution is 2.32. The molecule has 1 aromatic carbocycles. The SMILES string of the molecule is COc1ccc(-c2noc(C(=O)N(C)CCc3ccccn3)c2C(C)O)cc1. The maximum Gasteiger partial charge on any atom is 0.292 e. The van der Waals surface area contributed by atoms with Crippen LogP contribution in [0.5, 0.6) is 5.75 Å². The smallest absolute Gasteiger partial charge is 0.292 e. The van der Waals surface area contributed by atoms with Gasteiger partial charge in [0.25, 0.3) is 5.91 Å². The number of benzene rings is 1. The van der Waals surface area contributed by atoms with Gasteiger partial charge in [-0.05, 0) is 43.3 Å². The highest BCUT2D eigenvalue weighted by atomic mass is 16.5. The zero-order valence-corrected chi connectivity index (χ0v) is 16.1. The van der Waals surface area contributed by atoms with Crippen LogP contribution in [0.25, 0.3) is 11.3 Å². The van der Waals surface area contributed by atoms with E-state index in [1.54, 1.807) is 44.3 Å². The van der Waals surface area contributed by atoms with E-state index >= 15 is 0 Å². The number of rotatable bonds is 7. The average molecular weight is 381 g/mol. The Morgan fingerprint density at radius 3 is 2.61 bits per heavy atom. The van der Waals surface area contributed by atoms with E-state index in [2.05, 4.69) is 10.1 Å². The Morgan fingerprint density at radius 2 is 2.00 bits per heavy atom. The number of ether oxygens (including phenoxy) is 1. The van der Waals surface area contributed by atoms with E-state index in [9.17, 15) is 9.90 Å². The molecule has 7 heteroatoms. The number of hydrogen-bond donors (Lipinski definition) is 1. The standard InChI is InChI=1S/C21H23N3O4/c1-14(25)18-19(15-7-9-17(27-3)10-8-15)23-28-20(18)21(26)24(2)13-11-16-6-4-5-12-22-16/h4-10,12,14,25H,11,13H2,1-3H3. The summed E-state index contributed by atoms with van der Waals surface area (Å²) < 4.78 is 10.5. The lowest BCUT2D eigenvalue weighted by Gasteiger charge is -2.16. The summed E-state index contributed by atoms with van der Waals surface area (Å²) in [5.74, 6) is 0.417. The number of amides is 1. The first-order chi connectivity index (χ1) is 13.5. The van der Waals surface area contributed by atoms with Crippen LogP contribution in [0.15, 0.2) is 53.2 Å². The van der Waals surface area contributed by atoms with Gasteiger partial charge in [0.05, 0.1) is 18.8 Å². The first-order valence-corrected chi connectivity index (χ1v) is 8.98. The fourth-order valence-electron chi connectivity index (χ4n) is 2.90. The number of carbonyl (C=O) groups excluding carboxylic acids is 1. The van der Waals surface area contributed by atoms with Crippen molar-refractivity contribution in [3.63, 3.8) is 0 Å². The summed E-state index contributed by atoms with van der Waals surface area (Å²) in [6.07, 6.45) is 1.43. The molecular weight excluding hydrogens is 358 g/mol. The first-order valence-electron chi connectivity index (χ1n) is 8.98. The lowest BCUT2D eigenvalue weighted by molar-refractivity contribution is 0.0746. The summed E-state index contributed by atoms with van der Waals surface area (Å²) >= 11 is 0. The maximum absolute atomic E-state index is 12.9. The van der Waals surface area contributed by atoms with Gasteiger partial charge in [0.2, 0.25) is 5.76 Å². The number of aromatic nitrogens is 2. The van der Waals surface area contributed by atoms with Crippen LogP contribution in [-0.2, 0) is 6.42 Å². The van der Waals surface area contributed by atoms with Crippen LogP contribution < -0.4 is 4.74 Å². The van der Waals surface area contributed by atoms with Crippen molar-refractivity contribution in [3.8, 4) is 17.0 Å². The second-order valence-electron chi connectivity index (χ2n) is 6.48. The van der Waals surface area contributed by atoms with Crippen LogP contribution in [0.2, 0.25) is 0 Å². The maximum atomic E-state index is 12.9. The van der Waals surface area contributed by atoms with Crippen LogP contribution in [0.4, 0.5) is 0 Å². The molecule has 2 heterocycles. The number of aliphatic hydroxyl groups excluding tert-OH is 1. The van der Waals surface area contributed by atoms with Crippen molar-refractivity contribution in [2.75, 3.05) is 20.7 Å². The fourth-order valence-corrected chi connectivity index (χ4v) is 2.90. The van der Waals surface area contributed by atoms with E-state index in [1.165, 1.54) is 0 Å². The van der Waals surface area contributed by atoms with Gasteiger partial charge in [0, 0.05) is 37.5 Å². The van der Waals surface area contributed by atoms with Crippen LogP contribution in [0.1, 0.15) is 34.8 Å². The molecule has 3 aromatic rings. The van der Waals surface area contributed by atoms with E-state index in [-0.39, 0.29) is 11.7 Å². The minimum absolute atomic E-state index is 0.0457. The largest absolute Gasteiger partial charge is 0.497 e. The third-order valence-corrected chi connectivity index (χ3v) is 4.48. The van der Waals surface area contributed by atoms with Gasteiger partial charge >= 0.3 is 0 Å². The second kappa shape index (κ2) is 8.67. The van der Waals surface area contributed by atoms with Gasteiger partial charge in [-0.1, -0.05) is 11.2 Å². The van der Waals surface area contributed by atoms with Crippen LogP contribution in [-0.4, -0.2) is 46.8 Å². The Kier molecular flexibility index (Phi) is 6.06. The minimum atomic E-state index is -0.911. The van der Waals surface area contributed by atoms with Crippen LogP contribution in [0.3, 0.4) is 0 Å². The molecule has 0 aliphatic carbocycles. The minimum Gasteiger partial charge on any atom is -0.497 e. The van der Waals surface area contributed by atoms with Crippen molar-refractivity contribution < 1.29 is 19.2 Å². The van der Waals surface area contributed by atoms with Gasteiger partial charge in [-0.25, -0.2) is 0 Å². The van der Waals surface area contributed by atoms with Crippen molar-refractivity contribution in [2.24, 2.45) is 0 Å². The van der Waals surface area contributed by atoms with Gasteiger partial charge in [-0.3, -0.25) is 9.78 Å². The van der Waals surface area contributed by atoms with Gasteiger partial charge < -0.3 is 19.3 Å². The number of nitrogens with zero attached hydrogens (tertiary/aromatic N) is 3. The van der Waals surface area contributed by atoms with Gasteiger partial charge in [0.15, 0.2) is 0 Å². The first kappa shape index (κ1) is 19.6. The molecule has 0 saturated carbocycles. The molecule has 0 saturated heterocycles. The molecule has 0 bridgehead atoms. The van der Waals surface area contributed by atoms with Crippen LogP contribution in [0, 0.1) is 0 Å². The Morgan fingerprint density at radius 1 is 1.25 bits per heavy atom. The van der Waals surface area contributed by atoms with E-state index < -0.39 is 6.10 Å². The molecule has 0 aliphatic rings. The van der Waals surface area contributed by atoms with Crippen molar-refractivity contribution in [1.82, 2.24) is 15.0 Å². The summed E-state index contributed by atoms with van der Waals surface area (Å²) in [7, 11) is 3.27. The van der Waals surface area contributed by atoms with E-state index in [4.69, 9.17) is 9.26 Å². The van der Waals surface area contributed by atoms with E-state index in [0.717, 1.165) is 11.3 Å². The van der Waals surface area contributed by atoms with Gasteiger partial charge in [-0.2, -0.15) is 0 Å². The van der Waals surface area contributed by atoms with Crippen molar-refractivity contribution >= 4 is 5.91 Å². The van der Waals surface area contributed by atoms with E-state index in [1.807, 2.05) is 30.3 Å². The molecule has 0 aliphatic heterocycles. The number of hydrogen-bond acceptors (Lipinski definition) is 6. The molecule has 3 rings (SSSR count). The third-order valence-electron chi connectivity index (χ3n) is 4.48. The molecule has 0 fully saturated rings. The Labute approximate surface area is 163 Å². The summed E-state index contributed by atoms with van der Waals surface area (Å²) in [5.41, 5.74) is 2.45. The lowest BCUT2D eigenvalue weighted by atomic mass is 10.0. The molecular formula is C21H23N3O4. The highest BCUT2D eigenvalue weighted by Gasteiger charge is 2.28. The van der Waals surface area contributed by atoms with E-state index in [0.29, 0.717) is 30.0 Å². The van der Waals surface area contributed by atoms with Crippen molar-refractivity contribution in [1.29, 1.82) is 0 Å². The van der Waals surface area contributed by atoms with Gasteiger partial charge in [0.1, 0.15) is 11.4 Å². The molecule has 2 aromatic heterocycles. The Balaban J connectivity index is 1.82. The number of methoxy groups -OCH3 is 1. The average Bonchev–Trinajstić information content (AvgIpc) is 3.17. The Hall–Kier alpha value is -3.19. The Bertz CT molecular complexity index is 921. The van der Waals surface area contributed by atoms with Crippen molar-refractivity contribution in [2.45, 2.75) is 19.4 Å². The van der Waals surface area contributed by atoms with Gasteiger partial charge in [-0.15, -0.1) is 0 Å². The zero-order chi connectivity index (χ0) is 20.1. The second-order valence-corrected chi connectivity index (χ2v) is 6.48. The molecule has 7 nitrogen and oxygen atoms in total. The molecule has 146 valence electrons. The predicted molar refractivity (Wildman–Crippen MR) is 104 cm³/mol.